The van der Waals surface area contributed by atoms with Crippen LogP contribution in [0.5, 0.6) is 0 Å². The van der Waals surface area contributed by atoms with Gasteiger partial charge in [0.2, 0.25) is 5.91 Å². The highest BCUT2D eigenvalue weighted by molar-refractivity contribution is 5.85. The van der Waals surface area contributed by atoms with E-state index < -0.39 is 5.54 Å². The Morgan fingerprint density at radius 3 is 2.89 bits per heavy atom. The van der Waals surface area contributed by atoms with Gasteiger partial charge < -0.3 is 16.0 Å². The third-order valence-corrected chi connectivity index (χ3v) is 4.68. The van der Waals surface area contributed by atoms with Crippen LogP contribution in [0.4, 0.5) is 0 Å². The Labute approximate surface area is 110 Å². The van der Waals surface area contributed by atoms with E-state index in [9.17, 15) is 4.79 Å². The van der Waals surface area contributed by atoms with Crippen molar-refractivity contribution in [1.29, 1.82) is 0 Å². The fraction of sp³-hybridized carbons (Fsp3) is 0.929. The summed E-state index contributed by atoms with van der Waals surface area (Å²) in [5, 5.41) is 3.34. The van der Waals surface area contributed by atoms with Gasteiger partial charge in [-0.3, -0.25) is 4.79 Å². The molecule has 0 aromatic rings. The second kappa shape index (κ2) is 5.57. The predicted octanol–water partition coefficient (Wildman–Crippen LogP) is 1.10. The average Bonchev–Trinajstić information content (AvgIpc) is 2.75. The van der Waals surface area contributed by atoms with E-state index in [1.54, 1.807) is 0 Å². The molecule has 0 aromatic carbocycles. The molecule has 1 saturated heterocycles. The third kappa shape index (κ3) is 2.69. The van der Waals surface area contributed by atoms with E-state index in [-0.39, 0.29) is 5.91 Å². The first-order chi connectivity index (χ1) is 8.57. The molecule has 0 bridgehead atoms. The average molecular weight is 253 g/mol. The fourth-order valence-corrected chi connectivity index (χ4v) is 3.70. The summed E-state index contributed by atoms with van der Waals surface area (Å²) in [4.78, 5) is 14.3. The van der Waals surface area contributed by atoms with Gasteiger partial charge in [0.05, 0.1) is 5.54 Å². The Hall–Kier alpha value is -0.610. The first kappa shape index (κ1) is 13.8. The van der Waals surface area contributed by atoms with E-state index in [2.05, 4.69) is 17.1 Å². The van der Waals surface area contributed by atoms with E-state index in [1.165, 1.54) is 25.9 Å². The highest BCUT2D eigenvalue weighted by Crippen LogP contribution is 2.34. The van der Waals surface area contributed by atoms with E-state index in [1.807, 2.05) is 6.92 Å². The monoisotopic (exact) mass is 253 g/mol. The van der Waals surface area contributed by atoms with Crippen molar-refractivity contribution in [2.45, 2.75) is 57.5 Å². The maximum absolute atomic E-state index is 11.7. The molecule has 2 fully saturated rings. The molecule has 0 spiro atoms. The van der Waals surface area contributed by atoms with Crippen LogP contribution < -0.4 is 11.1 Å². The topological polar surface area (TPSA) is 58.4 Å². The number of rotatable bonds is 4. The first-order valence-corrected chi connectivity index (χ1v) is 7.36. The third-order valence-electron chi connectivity index (χ3n) is 4.68. The fourth-order valence-electron chi connectivity index (χ4n) is 3.70. The zero-order valence-corrected chi connectivity index (χ0v) is 11.7. The number of hydrogen-bond donors (Lipinski definition) is 2. The number of hydrogen-bond acceptors (Lipinski definition) is 3. The summed E-state index contributed by atoms with van der Waals surface area (Å²) in [6.07, 6.45) is 5.52. The van der Waals surface area contributed by atoms with Crippen LogP contribution >= 0.6 is 0 Å². The lowest BCUT2D eigenvalue weighted by atomic mass is 9.94. The van der Waals surface area contributed by atoms with Gasteiger partial charge in [0.15, 0.2) is 0 Å². The molecule has 3 unspecified atom stereocenters. The van der Waals surface area contributed by atoms with Crippen molar-refractivity contribution in [1.82, 2.24) is 10.2 Å². The van der Waals surface area contributed by atoms with Gasteiger partial charge >= 0.3 is 0 Å². The number of piperidine rings is 1. The molecule has 1 heterocycles. The molecule has 4 heteroatoms. The van der Waals surface area contributed by atoms with Crippen LogP contribution in [-0.4, -0.2) is 42.0 Å². The second-order valence-corrected chi connectivity index (χ2v) is 6.12. The molecule has 1 aliphatic heterocycles. The van der Waals surface area contributed by atoms with Crippen LogP contribution in [-0.2, 0) is 4.79 Å². The zero-order valence-electron chi connectivity index (χ0n) is 11.7. The minimum atomic E-state index is -0.444. The Kier molecular flexibility index (Phi) is 4.28. The van der Waals surface area contributed by atoms with Crippen molar-refractivity contribution < 1.29 is 4.79 Å². The quantitative estimate of drug-likeness (QED) is 0.789. The number of likely N-dealkylation sites (tertiary alicyclic amines) is 1. The number of likely N-dealkylation sites (N-methyl/N-ethyl adjacent to an activating group) is 1. The molecule has 3 N–H and O–H groups in total. The molecule has 2 aliphatic rings. The number of nitrogens with one attached hydrogen (secondary N) is 1. The number of nitrogens with zero attached hydrogens (tertiary/aromatic N) is 1. The van der Waals surface area contributed by atoms with Gasteiger partial charge in [-0.05, 0) is 51.1 Å². The van der Waals surface area contributed by atoms with Gasteiger partial charge in [-0.25, -0.2) is 0 Å². The highest BCUT2D eigenvalue weighted by Gasteiger charge is 2.45. The Morgan fingerprint density at radius 1 is 1.50 bits per heavy atom. The van der Waals surface area contributed by atoms with E-state index >= 15 is 0 Å². The van der Waals surface area contributed by atoms with Crippen LogP contribution in [0.1, 0.15) is 46.0 Å². The van der Waals surface area contributed by atoms with Crippen molar-refractivity contribution in [2.24, 2.45) is 11.7 Å². The van der Waals surface area contributed by atoms with Crippen molar-refractivity contribution >= 4 is 5.91 Å². The highest BCUT2D eigenvalue weighted by atomic mass is 16.1. The molecule has 1 amide bonds. The summed E-state index contributed by atoms with van der Waals surface area (Å²) in [6.45, 7) is 7.56. The van der Waals surface area contributed by atoms with Crippen LogP contribution in [0.3, 0.4) is 0 Å². The summed E-state index contributed by atoms with van der Waals surface area (Å²) in [6, 6.07) is 0.541. The summed E-state index contributed by atoms with van der Waals surface area (Å²) in [5.74, 6) is 0.623. The van der Waals surface area contributed by atoms with Crippen molar-refractivity contribution in [3.05, 3.63) is 0 Å². The SMILES string of the molecule is CCNC1(C(N)=O)CCC(N2CCCC(C)C2)C1. The molecule has 3 atom stereocenters. The number of carbonyl (C=O) groups is 1. The minimum Gasteiger partial charge on any atom is -0.368 e. The van der Waals surface area contributed by atoms with Gasteiger partial charge in [0.25, 0.3) is 0 Å². The summed E-state index contributed by atoms with van der Waals surface area (Å²) >= 11 is 0. The Bertz CT molecular complexity index is 307. The van der Waals surface area contributed by atoms with E-state index in [0.717, 1.165) is 31.7 Å². The maximum atomic E-state index is 11.7. The van der Waals surface area contributed by atoms with E-state index in [0.29, 0.717) is 6.04 Å². The molecule has 0 radical (unpaired) electrons. The smallest absolute Gasteiger partial charge is 0.237 e. The molecule has 2 rings (SSSR count). The number of primary amides is 1. The van der Waals surface area contributed by atoms with Gasteiger partial charge in [-0.15, -0.1) is 0 Å². The largest absolute Gasteiger partial charge is 0.368 e. The first-order valence-electron chi connectivity index (χ1n) is 7.36. The lowest BCUT2D eigenvalue weighted by Crippen LogP contribution is -2.54. The van der Waals surface area contributed by atoms with Crippen molar-refractivity contribution in [3.63, 3.8) is 0 Å². The van der Waals surface area contributed by atoms with E-state index in [4.69, 9.17) is 5.73 Å². The normalized spacial score (nSPS) is 37.9. The van der Waals surface area contributed by atoms with Gasteiger partial charge in [0, 0.05) is 12.6 Å². The van der Waals surface area contributed by atoms with Gasteiger partial charge in [-0.2, -0.15) is 0 Å². The molecule has 0 aromatic heterocycles. The predicted molar refractivity (Wildman–Crippen MR) is 73.2 cm³/mol. The van der Waals surface area contributed by atoms with Crippen LogP contribution in [0.15, 0.2) is 0 Å². The number of nitrogens with two attached hydrogens (primary N) is 1. The standard InChI is InChI=1S/C14H27N3O/c1-3-16-14(13(15)18)7-6-12(9-14)17-8-4-5-11(2)10-17/h11-12,16H,3-10H2,1-2H3,(H2,15,18). The van der Waals surface area contributed by atoms with Gasteiger partial charge in [0.1, 0.15) is 0 Å². The summed E-state index contributed by atoms with van der Waals surface area (Å²) < 4.78 is 0. The van der Waals surface area contributed by atoms with Crippen molar-refractivity contribution in [3.8, 4) is 0 Å². The molecular weight excluding hydrogens is 226 g/mol. The molecule has 104 valence electrons. The van der Waals surface area contributed by atoms with Crippen LogP contribution in [0.25, 0.3) is 0 Å². The Balaban J connectivity index is 1.99. The zero-order chi connectivity index (χ0) is 13.2. The lowest BCUT2D eigenvalue weighted by molar-refractivity contribution is -0.124. The molecular formula is C14H27N3O. The molecule has 1 saturated carbocycles. The lowest BCUT2D eigenvalue weighted by Gasteiger charge is -2.36. The molecule has 1 aliphatic carbocycles. The Morgan fingerprint density at radius 2 is 2.28 bits per heavy atom. The van der Waals surface area contributed by atoms with Crippen molar-refractivity contribution in [2.75, 3.05) is 19.6 Å². The molecule has 18 heavy (non-hydrogen) atoms. The summed E-state index contributed by atoms with van der Waals surface area (Å²) in [7, 11) is 0. The minimum absolute atomic E-state index is 0.170. The number of carbonyl (C=O) groups excluding carboxylic acids is 1. The summed E-state index contributed by atoms with van der Waals surface area (Å²) in [5.41, 5.74) is 5.17. The maximum Gasteiger partial charge on any atom is 0.237 e. The second-order valence-electron chi connectivity index (χ2n) is 6.12. The van der Waals surface area contributed by atoms with Crippen LogP contribution in [0.2, 0.25) is 0 Å². The molecule has 4 nitrogen and oxygen atoms in total. The van der Waals surface area contributed by atoms with Crippen LogP contribution in [0, 0.1) is 5.92 Å². The number of amides is 1. The van der Waals surface area contributed by atoms with Gasteiger partial charge in [-0.1, -0.05) is 13.8 Å².